The van der Waals surface area contributed by atoms with Gasteiger partial charge in [0.2, 0.25) is 0 Å². The Labute approximate surface area is 118 Å². The molecule has 0 atom stereocenters. The standard InChI is InChI=1S/C14H12BrNO3/c1-9(17)18-14(4-5-14)19-12-2-3-13-10(7-12)6-11(15)8-16-13/h2-3,6-8H,4-5H2,1H3. The highest BCUT2D eigenvalue weighted by Crippen LogP contribution is 2.41. The fraction of sp³-hybridized carbons (Fsp3) is 0.286. The quantitative estimate of drug-likeness (QED) is 0.642. The van der Waals surface area contributed by atoms with Crippen LogP contribution in [0.4, 0.5) is 0 Å². The minimum atomic E-state index is -0.751. The lowest BCUT2D eigenvalue weighted by Gasteiger charge is -2.17. The molecule has 4 nitrogen and oxygen atoms in total. The highest BCUT2D eigenvalue weighted by molar-refractivity contribution is 9.10. The Hall–Kier alpha value is -1.62. The summed E-state index contributed by atoms with van der Waals surface area (Å²) in [6.45, 7) is 1.39. The zero-order valence-corrected chi connectivity index (χ0v) is 11.9. The van der Waals surface area contributed by atoms with Gasteiger partial charge in [0.1, 0.15) is 5.75 Å². The van der Waals surface area contributed by atoms with E-state index >= 15 is 0 Å². The molecule has 98 valence electrons. The molecule has 0 amide bonds. The van der Waals surface area contributed by atoms with Crippen molar-refractivity contribution in [3.8, 4) is 5.75 Å². The molecule has 1 aromatic carbocycles. The molecule has 1 saturated carbocycles. The van der Waals surface area contributed by atoms with E-state index in [0.717, 1.165) is 28.2 Å². The van der Waals surface area contributed by atoms with Gasteiger partial charge >= 0.3 is 5.97 Å². The molecule has 1 aromatic heterocycles. The first kappa shape index (κ1) is 12.4. The lowest BCUT2D eigenvalue weighted by atomic mass is 10.2. The minimum absolute atomic E-state index is 0.317. The van der Waals surface area contributed by atoms with E-state index in [1.54, 1.807) is 6.20 Å². The average molecular weight is 322 g/mol. The van der Waals surface area contributed by atoms with Crippen LogP contribution in [0.15, 0.2) is 34.9 Å². The molecule has 1 fully saturated rings. The summed E-state index contributed by atoms with van der Waals surface area (Å²) < 4.78 is 11.9. The van der Waals surface area contributed by atoms with E-state index in [-0.39, 0.29) is 5.97 Å². The Morgan fingerprint density at radius 2 is 2.16 bits per heavy atom. The minimum Gasteiger partial charge on any atom is -0.452 e. The van der Waals surface area contributed by atoms with Crippen molar-refractivity contribution in [3.05, 3.63) is 34.9 Å². The fourth-order valence-electron chi connectivity index (χ4n) is 1.95. The van der Waals surface area contributed by atoms with Gasteiger partial charge in [0.05, 0.1) is 5.52 Å². The fourth-order valence-corrected chi connectivity index (χ4v) is 2.30. The highest BCUT2D eigenvalue weighted by atomic mass is 79.9. The number of hydrogen-bond acceptors (Lipinski definition) is 4. The van der Waals surface area contributed by atoms with Crippen LogP contribution in [-0.2, 0) is 9.53 Å². The lowest BCUT2D eigenvalue weighted by Crippen LogP contribution is -2.24. The number of fused-ring (bicyclic) bond motifs is 1. The number of ether oxygens (including phenoxy) is 2. The number of halogens is 1. The van der Waals surface area contributed by atoms with Crippen LogP contribution >= 0.6 is 15.9 Å². The van der Waals surface area contributed by atoms with E-state index in [2.05, 4.69) is 20.9 Å². The van der Waals surface area contributed by atoms with Gasteiger partial charge in [-0.1, -0.05) is 0 Å². The summed E-state index contributed by atoms with van der Waals surface area (Å²) in [6, 6.07) is 7.60. The summed E-state index contributed by atoms with van der Waals surface area (Å²) in [5, 5.41) is 0.977. The predicted octanol–water partition coefficient (Wildman–Crippen LogP) is 3.43. The molecule has 0 bridgehead atoms. The summed E-state index contributed by atoms with van der Waals surface area (Å²) >= 11 is 3.39. The summed E-state index contributed by atoms with van der Waals surface area (Å²) in [5.41, 5.74) is 0.896. The smallest absolute Gasteiger partial charge is 0.305 e. The number of esters is 1. The Morgan fingerprint density at radius 1 is 1.37 bits per heavy atom. The zero-order chi connectivity index (χ0) is 13.5. The predicted molar refractivity (Wildman–Crippen MR) is 73.8 cm³/mol. The second-order valence-electron chi connectivity index (χ2n) is 4.61. The highest BCUT2D eigenvalue weighted by Gasteiger charge is 2.49. The normalized spacial score (nSPS) is 16.1. The second-order valence-corrected chi connectivity index (χ2v) is 5.53. The van der Waals surface area contributed by atoms with Gasteiger partial charge in [-0.2, -0.15) is 0 Å². The van der Waals surface area contributed by atoms with Crippen molar-refractivity contribution in [1.29, 1.82) is 0 Å². The van der Waals surface area contributed by atoms with Crippen molar-refractivity contribution >= 4 is 32.8 Å². The van der Waals surface area contributed by atoms with Crippen molar-refractivity contribution < 1.29 is 14.3 Å². The molecular weight excluding hydrogens is 310 g/mol. The molecule has 1 aliphatic carbocycles. The van der Waals surface area contributed by atoms with Crippen molar-refractivity contribution in [2.75, 3.05) is 0 Å². The van der Waals surface area contributed by atoms with Crippen LogP contribution in [0.1, 0.15) is 19.8 Å². The second kappa shape index (κ2) is 4.49. The van der Waals surface area contributed by atoms with E-state index in [1.165, 1.54) is 6.92 Å². The van der Waals surface area contributed by atoms with Crippen molar-refractivity contribution in [2.24, 2.45) is 0 Å². The number of carbonyl (C=O) groups excluding carboxylic acids is 1. The molecule has 0 aliphatic heterocycles. The molecule has 5 heteroatoms. The topological polar surface area (TPSA) is 48.4 Å². The summed E-state index contributed by atoms with van der Waals surface area (Å²) in [5.74, 6) is -0.382. The first-order valence-electron chi connectivity index (χ1n) is 6.00. The largest absolute Gasteiger partial charge is 0.452 e. The van der Waals surface area contributed by atoms with Crippen molar-refractivity contribution in [2.45, 2.75) is 25.6 Å². The molecule has 0 unspecified atom stereocenters. The van der Waals surface area contributed by atoms with Gasteiger partial charge in [0, 0.05) is 35.8 Å². The summed E-state index contributed by atoms with van der Waals surface area (Å²) in [6.07, 6.45) is 3.23. The molecule has 0 saturated heterocycles. The van der Waals surface area contributed by atoms with Crippen molar-refractivity contribution in [3.63, 3.8) is 0 Å². The zero-order valence-electron chi connectivity index (χ0n) is 10.4. The number of benzene rings is 1. The Bertz CT molecular complexity index is 652. The van der Waals surface area contributed by atoms with Crippen LogP contribution < -0.4 is 4.74 Å². The molecule has 0 spiro atoms. The number of rotatable bonds is 3. The number of hydrogen-bond donors (Lipinski definition) is 0. The molecule has 19 heavy (non-hydrogen) atoms. The van der Waals surface area contributed by atoms with Crippen LogP contribution in [0.25, 0.3) is 10.9 Å². The van der Waals surface area contributed by atoms with Crippen molar-refractivity contribution in [1.82, 2.24) is 4.98 Å². The maximum atomic E-state index is 11.0. The monoisotopic (exact) mass is 321 g/mol. The van der Waals surface area contributed by atoms with Crippen LogP contribution in [0, 0.1) is 0 Å². The van der Waals surface area contributed by atoms with Crippen LogP contribution in [-0.4, -0.2) is 16.7 Å². The Kier molecular flexibility index (Phi) is 2.93. The van der Waals surface area contributed by atoms with E-state index in [4.69, 9.17) is 9.47 Å². The molecule has 0 N–H and O–H groups in total. The molecule has 0 radical (unpaired) electrons. The van der Waals surface area contributed by atoms with E-state index < -0.39 is 5.79 Å². The lowest BCUT2D eigenvalue weighted by molar-refractivity contribution is -0.167. The molecule has 1 heterocycles. The third-order valence-corrected chi connectivity index (χ3v) is 3.34. The van der Waals surface area contributed by atoms with Gasteiger partial charge in [-0.15, -0.1) is 0 Å². The number of nitrogens with zero attached hydrogens (tertiary/aromatic N) is 1. The van der Waals surface area contributed by atoms with E-state index in [1.807, 2.05) is 24.3 Å². The average Bonchev–Trinajstić information content (AvgIpc) is 3.07. The molecule has 2 aromatic rings. The van der Waals surface area contributed by atoms with Gasteiger partial charge in [-0.25, -0.2) is 0 Å². The van der Waals surface area contributed by atoms with Gasteiger partial charge < -0.3 is 9.47 Å². The van der Waals surface area contributed by atoms with Gasteiger partial charge in [0.15, 0.2) is 0 Å². The number of aromatic nitrogens is 1. The van der Waals surface area contributed by atoms with Gasteiger partial charge in [0.25, 0.3) is 5.79 Å². The Balaban J connectivity index is 1.87. The molecule has 3 rings (SSSR count). The molecule has 1 aliphatic rings. The maximum absolute atomic E-state index is 11.0. The molecular formula is C14H12BrNO3. The third kappa shape index (κ3) is 2.71. The van der Waals surface area contributed by atoms with Crippen LogP contribution in [0.5, 0.6) is 5.75 Å². The SMILES string of the molecule is CC(=O)OC1(Oc2ccc3ncc(Br)cc3c2)CC1. The number of carbonyl (C=O) groups is 1. The Morgan fingerprint density at radius 3 is 2.84 bits per heavy atom. The van der Waals surface area contributed by atoms with E-state index in [0.29, 0.717) is 5.75 Å². The third-order valence-electron chi connectivity index (χ3n) is 2.91. The summed E-state index contributed by atoms with van der Waals surface area (Å²) in [7, 11) is 0. The van der Waals surface area contributed by atoms with Crippen LogP contribution in [0.3, 0.4) is 0 Å². The van der Waals surface area contributed by atoms with Crippen LogP contribution in [0.2, 0.25) is 0 Å². The van der Waals surface area contributed by atoms with E-state index in [9.17, 15) is 4.79 Å². The van der Waals surface area contributed by atoms with Gasteiger partial charge in [-0.05, 0) is 40.2 Å². The first-order valence-corrected chi connectivity index (χ1v) is 6.80. The summed E-state index contributed by atoms with van der Waals surface area (Å²) in [4.78, 5) is 15.3. The first-order chi connectivity index (χ1) is 9.06. The van der Waals surface area contributed by atoms with Gasteiger partial charge in [-0.3, -0.25) is 9.78 Å². The number of pyridine rings is 1. The maximum Gasteiger partial charge on any atom is 0.305 e.